The fraction of sp³-hybridized carbons (Fsp3) is 0.625. The molecule has 1 amide bonds. The molecule has 0 aliphatic heterocycles. The number of thioether (sulfide) groups is 1. The molecule has 0 aromatic carbocycles. The minimum absolute atomic E-state index is 0.254. The Labute approximate surface area is 92.3 Å². The van der Waals surface area contributed by atoms with Gasteiger partial charge in [0.1, 0.15) is 6.54 Å². The number of carboxylic acid groups (broad SMARTS) is 1. The van der Waals surface area contributed by atoms with E-state index in [9.17, 15) is 9.59 Å². The number of carbonyl (C=O) groups excluding carboxylic acids is 1. The highest BCUT2D eigenvalue weighted by molar-refractivity contribution is 8.12. The molecule has 0 aliphatic carbocycles. The van der Waals surface area contributed by atoms with Gasteiger partial charge in [-0.1, -0.05) is 11.8 Å². The van der Waals surface area contributed by atoms with Gasteiger partial charge in [-0.05, 0) is 6.92 Å². The lowest BCUT2D eigenvalue weighted by atomic mass is 10.7. The third kappa shape index (κ3) is 7.80. The zero-order chi connectivity index (χ0) is 11.7. The molecule has 0 saturated carbocycles. The third-order valence-electron chi connectivity index (χ3n) is 1.22. The number of carboxylic acids is 1. The van der Waals surface area contributed by atoms with Crippen LogP contribution in [-0.4, -0.2) is 53.7 Å². The molecule has 15 heavy (non-hydrogen) atoms. The second-order valence-corrected chi connectivity index (χ2v) is 3.33. The Bertz CT molecular complexity index is 245. The fourth-order valence-corrected chi connectivity index (χ4v) is 1.18. The maximum Gasteiger partial charge on any atom is 0.410 e. The van der Waals surface area contributed by atoms with Crippen molar-refractivity contribution in [3.8, 4) is 0 Å². The molecule has 0 aliphatic rings. The Morgan fingerprint density at radius 3 is 2.80 bits per heavy atom. The molecule has 0 aromatic heterocycles. The number of hydrogen-bond acceptors (Lipinski definition) is 5. The minimum atomic E-state index is -0.981. The first kappa shape index (κ1) is 13.8. The van der Waals surface area contributed by atoms with Gasteiger partial charge in [0.2, 0.25) is 0 Å². The first-order chi connectivity index (χ1) is 7.07. The van der Waals surface area contributed by atoms with Gasteiger partial charge >= 0.3 is 12.1 Å². The summed E-state index contributed by atoms with van der Waals surface area (Å²) in [6, 6.07) is 0. The molecule has 86 valence electrons. The third-order valence-corrected chi connectivity index (χ3v) is 2.06. The van der Waals surface area contributed by atoms with Crippen LogP contribution in [0.4, 0.5) is 4.79 Å². The van der Waals surface area contributed by atoms with Crippen molar-refractivity contribution in [2.75, 3.05) is 26.1 Å². The first-order valence-electron chi connectivity index (χ1n) is 4.27. The number of nitrogens with zero attached hydrogens (tertiary/aromatic N) is 2. The predicted molar refractivity (Wildman–Crippen MR) is 58.2 cm³/mol. The lowest BCUT2D eigenvalue weighted by molar-refractivity contribution is -0.135. The van der Waals surface area contributed by atoms with Crippen LogP contribution < -0.4 is 0 Å². The highest BCUT2D eigenvalue weighted by atomic mass is 32.2. The molecule has 1 N–H and O–H groups in total. The number of amides is 1. The summed E-state index contributed by atoms with van der Waals surface area (Å²) < 4.78 is 4.73. The van der Waals surface area contributed by atoms with Gasteiger partial charge in [0.25, 0.3) is 0 Å². The Kier molecular flexibility index (Phi) is 7.43. The highest BCUT2D eigenvalue weighted by Gasteiger charge is 2.07. The Hall–Kier alpha value is -1.24. The topological polar surface area (TPSA) is 79.2 Å². The lowest BCUT2D eigenvalue weighted by Crippen LogP contribution is -2.26. The van der Waals surface area contributed by atoms with Gasteiger partial charge in [0.15, 0.2) is 0 Å². The van der Waals surface area contributed by atoms with Crippen LogP contribution in [0.1, 0.15) is 6.92 Å². The number of rotatable bonds is 6. The molecule has 0 atom stereocenters. The molecule has 6 nitrogen and oxygen atoms in total. The van der Waals surface area contributed by atoms with Gasteiger partial charge < -0.3 is 14.7 Å². The van der Waals surface area contributed by atoms with E-state index < -0.39 is 12.1 Å². The summed E-state index contributed by atoms with van der Waals surface area (Å²) >= 11 is 1.23. The Morgan fingerprint density at radius 1 is 1.60 bits per heavy atom. The van der Waals surface area contributed by atoms with Crippen LogP contribution >= 0.6 is 11.8 Å². The highest BCUT2D eigenvalue weighted by Crippen LogP contribution is 2.00. The number of carbonyl (C=O) groups is 2. The summed E-state index contributed by atoms with van der Waals surface area (Å²) in [5.74, 6) is -0.604. The molecule has 0 spiro atoms. The standard InChI is InChI=1S/C8H14N2O4S/c1-3-14-8(13)10(2)6-15-5-9-4-7(11)12/h5H,3-4,6H2,1-2H3,(H,11,12). The van der Waals surface area contributed by atoms with E-state index in [1.54, 1.807) is 14.0 Å². The molecule has 7 heteroatoms. The maximum atomic E-state index is 11.1. The average Bonchev–Trinajstić information content (AvgIpc) is 2.16. The fourth-order valence-electron chi connectivity index (χ4n) is 0.600. The van der Waals surface area contributed by atoms with E-state index in [1.807, 2.05) is 0 Å². The Morgan fingerprint density at radius 2 is 2.27 bits per heavy atom. The quantitative estimate of drug-likeness (QED) is 0.419. The van der Waals surface area contributed by atoms with E-state index in [2.05, 4.69) is 4.99 Å². The molecule has 0 fully saturated rings. The van der Waals surface area contributed by atoms with E-state index in [1.165, 1.54) is 22.2 Å². The van der Waals surface area contributed by atoms with Gasteiger partial charge in [-0.25, -0.2) is 4.79 Å². The summed E-state index contributed by atoms with van der Waals surface area (Å²) in [6.45, 7) is 1.81. The van der Waals surface area contributed by atoms with Crippen molar-refractivity contribution < 1.29 is 19.4 Å². The number of hydrogen-bond donors (Lipinski definition) is 1. The molecule has 0 heterocycles. The zero-order valence-corrected chi connectivity index (χ0v) is 9.49. The lowest BCUT2D eigenvalue weighted by Gasteiger charge is -2.14. The van der Waals surface area contributed by atoms with Crippen molar-refractivity contribution in [3.05, 3.63) is 0 Å². The van der Waals surface area contributed by atoms with E-state index in [0.29, 0.717) is 12.5 Å². The van der Waals surface area contributed by atoms with Gasteiger partial charge in [0.05, 0.1) is 18.0 Å². The van der Waals surface area contributed by atoms with E-state index >= 15 is 0 Å². The van der Waals surface area contributed by atoms with Crippen molar-refractivity contribution in [1.82, 2.24) is 4.90 Å². The number of aliphatic imine (C=N–C) groups is 1. The van der Waals surface area contributed by atoms with Crippen LogP contribution in [0.15, 0.2) is 4.99 Å². The number of aliphatic carboxylic acids is 1. The van der Waals surface area contributed by atoms with E-state index in [-0.39, 0.29) is 6.54 Å². The van der Waals surface area contributed by atoms with Gasteiger partial charge in [0, 0.05) is 7.05 Å². The molecular weight excluding hydrogens is 220 g/mol. The SMILES string of the molecule is CCOC(=O)N(C)CSC=NCC(=O)O. The molecule has 0 bridgehead atoms. The van der Waals surface area contributed by atoms with Crippen LogP contribution in [0.5, 0.6) is 0 Å². The largest absolute Gasteiger partial charge is 0.480 e. The summed E-state index contributed by atoms with van der Waals surface area (Å²) in [6.07, 6.45) is -0.406. The summed E-state index contributed by atoms with van der Waals surface area (Å²) in [5, 5.41) is 8.27. The van der Waals surface area contributed by atoms with Crippen molar-refractivity contribution >= 4 is 29.4 Å². The smallest absolute Gasteiger partial charge is 0.410 e. The molecular formula is C8H14N2O4S. The maximum absolute atomic E-state index is 11.1. The zero-order valence-electron chi connectivity index (χ0n) is 8.67. The van der Waals surface area contributed by atoms with Crippen LogP contribution in [0, 0.1) is 0 Å². The summed E-state index contributed by atoms with van der Waals surface area (Å²) in [7, 11) is 1.59. The number of ether oxygens (including phenoxy) is 1. The van der Waals surface area contributed by atoms with Crippen molar-refractivity contribution in [3.63, 3.8) is 0 Å². The van der Waals surface area contributed by atoms with Crippen molar-refractivity contribution in [2.24, 2.45) is 4.99 Å². The second-order valence-electron chi connectivity index (χ2n) is 2.53. The van der Waals surface area contributed by atoms with E-state index in [0.717, 1.165) is 0 Å². The van der Waals surface area contributed by atoms with Crippen LogP contribution in [-0.2, 0) is 9.53 Å². The van der Waals surface area contributed by atoms with Crippen molar-refractivity contribution in [1.29, 1.82) is 0 Å². The normalized spacial score (nSPS) is 10.3. The van der Waals surface area contributed by atoms with Gasteiger partial charge in [-0.2, -0.15) is 0 Å². The Balaban J connectivity index is 3.62. The van der Waals surface area contributed by atoms with E-state index in [4.69, 9.17) is 9.84 Å². The second kappa shape index (κ2) is 8.10. The predicted octanol–water partition coefficient (Wildman–Crippen LogP) is 0.878. The molecule has 0 saturated heterocycles. The molecule has 0 aromatic rings. The van der Waals surface area contributed by atoms with Gasteiger partial charge in [-0.3, -0.25) is 9.79 Å². The molecule has 0 rings (SSSR count). The summed E-state index contributed by atoms with van der Waals surface area (Å²) in [4.78, 5) is 26.1. The molecule has 0 radical (unpaired) electrons. The van der Waals surface area contributed by atoms with Crippen LogP contribution in [0.25, 0.3) is 0 Å². The van der Waals surface area contributed by atoms with Crippen LogP contribution in [0.2, 0.25) is 0 Å². The summed E-state index contributed by atoms with van der Waals surface area (Å²) in [5.41, 5.74) is 1.41. The van der Waals surface area contributed by atoms with Crippen LogP contribution in [0.3, 0.4) is 0 Å². The van der Waals surface area contributed by atoms with Crippen molar-refractivity contribution in [2.45, 2.75) is 6.92 Å². The minimum Gasteiger partial charge on any atom is -0.480 e. The van der Waals surface area contributed by atoms with Gasteiger partial charge in [-0.15, -0.1) is 0 Å². The molecule has 0 unspecified atom stereocenters. The average molecular weight is 234 g/mol. The monoisotopic (exact) mass is 234 g/mol. The first-order valence-corrected chi connectivity index (χ1v) is 5.32.